The minimum atomic E-state index is -0.512. The lowest BCUT2D eigenvalue weighted by Crippen LogP contribution is -2.12. The van der Waals surface area contributed by atoms with Crippen LogP contribution in [0.3, 0.4) is 0 Å². The van der Waals surface area contributed by atoms with Crippen molar-refractivity contribution in [3.8, 4) is 5.75 Å². The average molecular weight is 416 g/mol. The van der Waals surface area contributed by atoms with Crippen molar-refractivity contribution in [2.24, 2.45) is 4.99 Å². The summed E-state index contributed by atoms with van der Waals surface area (Å²) in [6.45, 7) is -0.164. The minimum Gasteiger partial charge on any atom is -0.482 e. The van der Waals surface area contributed by atoms with Gasteiger partial charge in [0.1, 0.15) is 5.75 Å². The standard InChI is InChI=1S/C19H14BrNO5/c1-24-17(22)11-25-13-8-6-12(7-9-13)10-16-19(23)26-18(21-16)14-4-2-3-5-15(14)20/h2-10H,11H2,1H3/b16-10-. The van der Waals surface area contributed by atoms with E-state index in [4.69, 9.17) is 9.47 Å². The van der Waals surface area contributed by atoms with Crippen LogP contribution in [0.25, 0.3) is 6.08 Å². The molecule has 0 radical (unpaired) electrons. The Kier molecular flexibility index (Phi) is 5.48. The van der Waals surface area contributed by atoms with E-state index in [0.717, 1.165) is 10.0 Å². The number of methoxy groups -OCH3 is 1. The molecule has 0 aromatic heterocycles. The summed E-state index contributed by atoms with van der Waals surface area (Å²) in [5.41, 5.74) is 1.66. The van der Waals surface area contributed by atoms with Crippen LogP contribution in [0.15, 0.2) is 63.7 Å². The Bertz CT molecular complexity index is 902. The first kappa shape index (κ1) is 17.9. The Hall–Kier alpha value is -2.93. The number of halogens is 1. The molecule has 0 fully saturated rings. The molecule has 0 saturated carbocycles. The lowest BCUT2D eigenvalue weighted by atomic mass is 10.2. The number of rotatable bonds is 5. The normalized spacial score (nSPS) is 14.8. The molecule has 6 nitrogen and oxygen atoms in total. The number of esters is 2. The molecule has 2 aromatic carbocycles. The zero-order valence-electron chi connectivity index (χ0n) is 13.8. The fraction of sp³-hybridized carbons (Fsp3) is 0.105. The summed E-state index contributed by atoms with van der Waals surface area (Å²) in [5, 5.41) is 0. The summed E-state index contributed by atoms with van der Waals surface area (Å²) >= 11 is 3.41. The van der Waals surface area contributed by atoms with E-state index in [-0.39, 0.29) is 18.2 Å². The number of cyclic esters (lactones) is 1. The quantitative estimate of drug-likeness (QED) is 0.552. The van der Waals surface area contributed by atoms with Crippen molar-refractivity contribution in [1.29, 1.82) is 0 Å². The summed E-state index contributed by atoms with van der Waals surface area (Å²) in [7, 11) is 1.30. The first-order chi connectivity index (χ1) is 12.6. The van der Waals surface area contributed by atoms with E-state index in [9.17, 15) is 9.59 Å². The largest absolute Gasteiger partial charge is 0.482 e. The highest BCUT2D eigenvalue weighted by Gasteiger charge is 2.25. The second-order valence-electron chi connectivity index (χ2n) is 5.25. The Balaban J connectivity index is 1.76. The second-order valence-corrected chi connectivity index (χ2v) is 6.10. The third-order valence-corrected chi connectivity index (χ3v) is 4.18. The van der Waals surface area contributed by atoms with Gasteiger partial charge in [-0.15, -0.1) is 0 Å². The molecule has 2 aromatic rings. The smallest absolute Gasteiger partial charge is 0.363 e. The van der Waals surface area contributed by atoms with Crippen LogP contribution in [0.4, 0.5) is 0 Å². The van der Waals surface area contributed by atoms with E-state index in [2.05, 4.69) is 25.7 Å². The van der Waals surface area contributed by atoms with E-state index in [1.807, 2.05) is 24.3 Å². The predicted molar refractivity (Wildman–Crippen MR) is 98.7 cm³/mol. The number of benzene rings is 2. The van der Waals surface area contributed by atoms with Crippen molar-refractivity contribution >= 4 is 39.8 Å². The maximum Gasteiger partial charge on any atom is 0.363 e. The third-order valence-electron chi connectivity index (χ3n) is 3.49. The second kappa shape index (κ2) is 7.97. The zero-order valence-corrected chi connectivity index (χ0v) is 15.4. The SMILES string of the molecule is COC(=O)COc1ccc(/C=C2\N=C(c3ccccc3Br)OC2=O)cc1. The molecule has 1 heterocycles. The first-order valence-corrected chi connectivity index (χ1v) is 8.43. The van der Waals surface area contributed by atoms with Crippen molar-refractivity contribution in [3.63, 3.8) is 0 Å². The zero-order chi connectivity index (χ0) is 18.5. The summed E-state index contributed by atoms with van der Waals surface area (Å²) in [6.07, 6.45) is 1.62. The van der Waals surface area contributed by atoms with E-state index in [0.29, 0.717) is 11.3 Å². The topological polar surface area (TPSA) is 74.2 Å². The number of carbonyl (C=O) groups excluding carboxylic acids is 2. The van der Waals surface area contributed by atoms with Crippen LogP contribution in [-0.2, 0) is 19.1 Å². The highest BCUT2D eigenvalue weighted by molar-refractivity contribution is 9.10. The van der Waals surface area contributed by atoms with Gasteiger partial charge in [0.05, 0.1) is 12.7 Å². The molecular formula is C19H14BrNO5. The minimum absolute atomic E-state index is 0.164. The molecule has 0 unspecified atom stereocenters. The monoisotopic (exact) mass is 415 g/mol. The number of carbonyl (C=O) groups is 2. The fourth-order valence-corrected chi connectivity index (χ4v) is 2.63. The van der Waals surface area contributed by atoms with E-state index in [1.165, 1.54) is 7.11 Å². The molecule has 3 rings (SSSR count). The number of hydrogen-bond donors (Lipinski definition) is 0. The molecule has 0 bridgehead atoms. The number of ether oxygens (including phenoxy) is 3. The summed E-state index contributed by atoms with van der Waals surface area (Å²) in [4.78, 5) is 27.4. The Morgan fingerprint density at radius 3 is 2.62 bits per heavy atom. The van der Waals surface area contributed by atoms with Gasteiger partial charge in [0.15, 0.2) is 12.3 Å². The van der Waals surface area contributed by atoms with Crippen LogP contribution in [0, 0.1) is 0 Å². The molecular weight excluding hydrogens is 402 g/mol. The first-order valence-electron chi connectivity index (χ1n) is 7.64. The Morgan fingerprint density at radius 2 is 1.92 bits per heavy atom. The molecule has 0 spiro atoms. The van der Waals surface area contributed by atoms with E-state index in [1.54, 1.807) is 30.3 Å². The lowest BCUT2D eigenvalue weighted by molar-refractivity contribution is -0.142. The van der Waals surface area contributed by atoms with Crippen LogP contribution < -0.4 is 4.74 Å². The van der Waals surface area contributed by atoms with Crippen molar-refractivity contribution in [3.05, 3.63) is 69.8 Å². The molecule has 26 heavy (non-hydrogen) atoms. The molecule has 0 amide bonds. The Morgan fingerprint density at radius 1 is 1.19 bits per heavy atom. The Labute approximate surface area is 158 Å². The van der Waals surface area contributed by atoms with Gasteiger partial charge in [-0.25, -0.2) is 14.6 Å². The van der Waals surface area contributed by atoms with Gasteiger partial charge in [-0.1, -0.05) is 24.3 Å². The van der Waals surface area contributed by atoms with Gasteiger partial charge in [-0.3, -0.25) is 0 Å². The molecule has 1 aliphatic heterocycles. The van der Waals surface area contributed by atoms with Crippen LogP contribution in [0.1, 0.15) is 11.1 Å². The summed E-state index contributed by atoms with van der Waals surface area (Å²) < 4.78 is 15.8. The molecule has 7 heteroatoms. The van der Waals surface area contributed by atoms with Gasteiger partial charge in [-0.05, 0) is 51.8 Å². The molecule has 132 valence electrons. The molecule has 0 saturated heterocycles. The van der Waals surface area contributed by atoms with Crippen LogP contribution >= 0.6 is 15.9 Å². The van der Waals surface area contributed by atoms with Crippen LogP contribution in [0.2, 0.25) is 0 Å². The van der Waals surface area contributed by atoms with Crippen molar-refractivity contribution in [2.75, 3.05) is 13.7 Å². The van der Waals surface area contributed by atoms with Crippen molar-refractivity contribution in [1.82, 2.24) is 0 Å². The molecule has 0 aliphatic carbocycles. The highest BCUT2D eigenvalue weighted by atomic mass is 79.9. The van der Waals surface area contributed by atoms with E-state index >= 15 is 0 Å². The highest BCUT2D eigenvalue weighted by Crippen LogP contribution is 2.24. The third kappa shape index (κ3) is 4.18. The molecule has 0 atom stereocenters. The fourth-order valence-electron chi connectivity index (χ4n) is 2.18. The van der Waals surface area contributed by atoms with Gasteiger partial charge in [-0.2, -0.15) is 0 Å². The average Bonchev–Trinajstić information content (AvgIpc) is 3.01. The van der Waals surface area contributed by atoms with Crippen molar-refractivity contribution < 1.29 is 23.8 Å². The van der Waals surface area contributed by atoms with Gasteiger partial charge in [0.2, 0.25) is 5.90 Å². The van der Waals surface area contributed by atoms with E-state index < -0.39 is 11.9 Å². The lowest BCUT2D eigenvalue weighted by Gasteiger charge is -2.04. The predicted octanol–water partition coefficient (Wildman–Crippen LogP) is 3.35. The molecule has 0 N–H and O–H groups in total. The number of nitrogens with zero attached hydrogens (tertiary/aromatic N) is 1. The summed E-state index contributed by atoms with van der Waals surface area (Å²) in [6, 6.07) is 14.2. The van der Waals surface area contributed by atoms with Gasteiger partial charge >= 0.3 is 11.9 Å². The van der Waals surface area contributed by atoms with Gasteiger partial charge in [0, 0.05) is 4.47 Å². The summed E-state index contributed by atoms with van der Waals surface area (Å²) in [5.74, 6) is -0.198. The number of hydrogen-bond acceptors (Lipinski definition) is 6. The number of aliphatic imine (C=N–C) groups is 1. The van der Waals surface area contributed by atoms with Crippen molar-refractivity contribution in [2.45, 2.75) is 0 Å². The maximum atomic E-state index is 12.1. The van der Waals surface area contributed by atoms with Gasteiger partial charge < -0.3 is 14.2 Å². The maximum absolute atomic E-state index is 12.1. The van der Waals surface area contributed by atoms with Crippen LogP contribution in [-0.4, -0.2) is 31.6 Å². The van der Waals surface area contributed by atoms with Gasteiger partial charge in [0.25, 0.3) is 0 Å². The van der Waals surface area contributed by atoms with Crippen LogP contribution in [0.5, 0.6) is 5.75 Å². The molecule has 1 aliphatic rings.